The molecule has 1 atom stereocenters. The Morgan fingerprint density at radius 3 is 3.00 bits per heavy atom. The summed E-state index contributed by atoms with van der Waals surface area (Å²) in [6.45, 7) is 6.81. The molecule has 1 N–H and O–H groups in total. The summed E-state index contributed by atoms with van der Waals surface area (Å²) >= 11 is 0. The van der Waals surface area contributed by atoms with Crippen LogP contribution in [0, 0.1) is 6.92 Å². The summed E-state index contributed by atoms with van der Waals surface area (Å²) in [5.74, 6) is 0. The molecule has 0 aliphatic carbocycles. The lowest BCUT2D eigenvalue weighted by Crippen LogP contribution is -2.44. The predicted octanol–water partition coefficient (Wildman–Crippen LogP) is 2.47. The maximum Gasteiger partial charge on any atom is 0.0518 e. The molecule has 0 saturated carbocycles. The van der Waals surface area contributed by atoms with E-state index in [1.807, 2.05) is 0 Å². The Balaban J connectivity index is 1.96. The zero-order chi connectivity index (χ0) is 13.7. The molecule has 3 nitrogen and oxygen atoms in total. The second kappa shape index (κ2) is 4.61. The number of nitrogens with zero attached hydrogens (tertiary/aromatic N) is 2. The maximum absolute atomic E-state index is 3.56. The first-order valence-electron chi connectivity index (χ1n) is 7.79. The van der Waals surface area contributed by atoms with Crippen molar-refractivity contribution in [3.8, 4) is 0 Å². The lowest BCUT2D eigenvalue weighted by molar-refractivity contribution is 0.202. The molecule has 0 bridgehead atoms. The van der Waals surface area contributed by atoms with Gasteiger partial charge >= 0.3 is 0 Å². The van der Waals surface area contributed by atoms with Crippen LogP contribution >= 0.6 is 0 Å². The Labute approximate surface area is 120 Å². The predicted molar refractivity (Wildman–Crippen MR) is 83.2 cm³/mol. The number of para-hydroxylation sites is 1. The van der Waals surface area contributed by atoms with Crippen LogP contribution in [0.2, 0.25) is 0 Å². The zero-order valence-corrected chi connectivity index (χ0v) is 12.4. The highest BCUT2D eigenvalue weighted by atomic mass is 15.2. The first-order valence-corrected chi connectivity index (χ1v) is 7.79. The summed E-state index contributed by atoms with van der Waals surface area (Å²) in [4.78, 5) is 2.51. The molecule has 1 aromatic carbocycles. The molecule has 2 aliphatic rings. The minimum Gasteiger partial charge on any atom is -0.344 e. The topological polar surface area (TPSA) is 20.2 Å². The van der Waals surface area contributed by atoms with E-state index >= 15 is 0 Å². The first-order chi connectivity index (χ1) is 9.77. The summed E-state index contributed by atoms with van der Waals surface area (Å²) in [5.41, 5.74) is 6.07. The second-order valence-electron chi connectivity index (χ2n) is 6.27. The number of rotatable bonds is 1. The summed E-state index contributed by atoms with van der Waals surface area (Å²) in [5, 5.41) is 5.05. The number of piperazine rings is 1. The van der Waals surface area contributed by atoms with Gasteiger partial charge in [-0.15, -0.1) is 0 Å². The van der Waals surface area contributed by atoms with Crippen molar-refractivity contribution >= 4 is 10.9 Å². The summed E-state index contributed by atoms with van der Waals surface area (Å²) < 4.78 is 2.56. The van der Waals surface area contributed by atoms with E-state index < -0.39 is 0 Å². The van der Waals surface area contributed by atoms with Crippen molar-refractivity contribution in [1.82, 2.24) is 14.8 Å². The van der Waals surface area contributed by atoms with E-state index in [2.05, 4.69) is 47.0 Å². The minimum atomic E-state index is 0.515. The van der Waals surface area contributed by atoms with Crippen molar-refractivity contribution in [2.45, 2.75) is 32.4 Å². The summed E-state index contributed by atoms with van der Waals surface area (Å²) in [6, 6.07) is 7.39. The van der Waals surface area contributed by atoms with Crippen molar-refractivity contribution in [2.24, 2.45) is 0 Å². The molecule has 0 radical (unpaired) electrons. The summed E-state index contributed by atoms with van der Waals surface area (Å²) in [7, 11) is 2.26. The number of benzene rings is 1. The van der Waals surface area contributed by atoms with Crippen LogP contribution in [-0.2, 0) is 13.0 Å². The molecule has 106 valence electrons. The fraction of sp³-hybridized carbons (Fsp3) is 0.529. The van der Waals surface area contributed by atoms with E-state index in [9.17, 15) is 0 Å². The third kappa shape index (κ3) is 1.66. The van der Waals surface area contributed by atoms with E-state index in [0.717, 1.165) is 19.6 Å². The van der Waals surface area contributed by atoms with Crippen LogP contribution in [-0.4, -0.2) is 36.1 Å². The zero-order valence-electron chi connectivity index (χ0n) is 12.4. The van der Waals surface area contributed by atoms with Gasteiger partial charge in [0.15, 0.2) is 0 Å². The molecule has 2 aliphatic heterocycles. The Morgan fingerprint density at radius 2 is 2.15 bits per heavy atom. The highest BCUT2D eigenvalue weighted by Gasteiger charge is 2.28. The van der Waals surface area contributed by atoms with Crippen molar-refractivity contribution < 1.29 is 0 Å². The standard InChI is InChI=1S/C17H23N3/c1-12-16(15-11-18-8-10-19(15)2)14-7-3-5-13-6-4-9-20(12)17(13)14/h3,5,7,15,18H,4,6,8-11H2,1-2H3. The van der Waals surface area contributed by atoms with Gasteiger partial charge in [0.25, 0.3) is 0 Å². The van der Waals surface area contributed by atoms with Crippen molar-refractivity contribution in [3.63, 3.8) is 0 Å². The number of nitrogens with one attached hydrogen (secondary N) is 1. The lowest BCUT2D eigenvalue weighted by atomic mass is 9.98. The monoisotopic (exact) mass is 269 g/mol. The van der Waals surface area contributed by atoms with Gasteiger partial charge in [-0.05, 0) is 37.9 Å². The fourth-order valence-corrected chi connectivity index (χ4v) is 4.09. The quantitative estimate of drug-likeness (QED) is 0.858. The van der Waals surface area contributed by atoms with Gasteiger partial charge in [0.05, 0.1) is 5.52 Å². The molecule has 0 spiro atoms. The third-order valence-electron chi connectivity index (χ3n) is 5.15. The van der Waals surface area contributed by atoms with Gasteiger partial charge in [0.1, 0.15) is 0 Å². The minimum absolute atomic E-state index is 0.515. The van der Waals surface area contributed by atoms with Crippen LogP contribution in [0.3, 0.4) is 0 Å². The number of hydrogen-bond donors (Lipinski definition) is 1. The van der Waals surface area contributed by atoms with E-state index in [-0.39, 0.29) is 0 Å². The smallest absolute Gasteiger partial charge is 0.0518 e. The van der Waals surface area contributed by atoms with Gasteiger partial charge in [-0.25, -0.2) is 0 Å². The van der Waals surface area contributed by atoms with E-state index in [0.29, 0.717) is 6.04 Å². The Hall–Kier alpha value is -1.32. The van der Waals surface area contributed by atoms with Crippen molar-refractivity contribution in [3.05, 3.63) is 35.0 Å². The molecule has 3 heterocycles. The molecule has 1 saturated heterocycles. The molecular weight excluding hydrogens is 246 g/mol. The van der Waals surface area contributed by atoms with Gasteiger partial charge in [0.2, 0.25) is 0 Å². The van der Waals surface area contributed by atoms with Crippen LogP contribution in [0.5, 0.6) is 0 Å². The highest BCUT2D eigenvalue weighted by Crippen LogP contribution is 2.37. The van der Waals surface area contributed by atoms with Gasteiger partial charge in [-0.1, -0.05) is 18.2 Å². The molecule has 20 heavy (non-hydrogen) atoms. The Bertz CT molecular complexity index is 656. The first kappa shape index (κ1) is 12.4. The molecule has 4 rings (SSSR count). The van der Waals surface area contributed by atoms with Gasteiger partial charge in [-0.2, -0.15) is 0 Å². The average molecular weight is 269 g/mol. The normalized spacial score (nSPS) is 23.4. The lowest BCUT2D eigenvalue weighted by Gasteiger charge is -2.33. The summed E-state index contributed by atoms with van der Waals surface area (Å²) in [6.07, 6.45) is 2.51. The van der Waals surface area contributed by atoms with Crippen LogP contribution in [0.15, 0.2) is 18.2 Å². The van der Waals surface area contributed by atoms with Crippen LogP contribution in [0.1, 0.15) is 29.3 Å². The van der Waals surface area contributed by atoms with Crippen LogP contribution in [0.25, 0.3) is 10.9 Å². The number of likely N-dealkylation sites (N-methyl/N-ethyl adjacent to an activating group) is 1. The van der Waals surface area contributed by atoms with Crippen LogP contribution in [0.4, 0.5) is 0 Å². The van der Waals surface area contributed by atoms with E-state index in [1.165, 1.54) is 41.5 Å². The van der Waals surface area contributed by atoms with Crippen molar-refractivity contribution in [2.75, 3.05) is 26.7 Å². The average Bonchev–Trinajstić information content (AvgIpc) is 2.76. The van der Waals surface area contributed by atoms with Gasteiger partial charge < -0.3 is 9.88 Å². The molecule has 1 fully saturated rings. The molecule has 2 aromatic rings. The Kier molecular flexibility index (Phi) is 2.86. The van der Waals surface area contributed by atoms with E-state index in [4.69, 9.17) is 0 Å². The Morgan fingerprint density at radius 1 is 1.25 bits per heavy atom. The molecule has 3 heteroatoms. The second-order valence-corrected chi connectivity index (χ2v) is 6.27. The molecular formula is C17H23N3. The largest absolute Gasteiger partial charge is 0.344 e. The number of aromatic nitrogens is 1. The highest BCUT2D eigenvalue weighted by molar-refractivity contribution is 5.89. The molecule has 0 amide bonds. The van der Waals surface area contributed by atoms with Gasteiger partial charge in [0, 0.05) is 43.3 Å². The molecule has 1 aromatic heterocycles. The molecule has 1 unspecified atom stereocenters. The van der Waals surface area contributed by atoms with E-state index in [1.54, 1.807) is 5.56 Å². The maximum atomic E-state index is 3.56. The SMILES string of the molecule is Cc1c(C2CNCCN2C)c2cccc3c2n1CCC3. The fourth-order valence-electron chi connectivity index (χ4n) is 4.09. The number of aryl methyl sites for hydroxylation is 2. The van der Waals surface area contributed by atoms with Crippen LogP contribution < -0.4 is 5.32 Å². The number of hydrogen-bond acceptors (Lipinski definition) is 2. The van der Waals surface area contributed by atoms with Gasteiger partial charge in [-0.3, -0.25) is 4.90 Å². The third-order valence-corrected chi connectivity index (χ3v) is 5.15. The van der Waals surface area contributed by atoms with Crippen molar-refractivity contribution in [1.29, 1.82) is 0 Å².